The predicted molar refractivity (Wildman–Crippen MR) is 110 cm³/mol. The van der Waals surface area contributed by atoms with E-state index in [4.69, 9.17) is 26.1 Å². The molecular formula is C21H24ClFN4O3. The summed E-state index contributed by atoms with van der Waals surface area (Å²) in [5.74, 6) is 0.146. The summed E-state index contributed by atoms with van der Waals surface area (Å²) in [5.41, 5.74) is 0.944. The van der Waals surface area contributed by atoms with Crippen molar-refractivity contribution in [1.82, 2.24) is 14.9 Å². The molecule has 2 aromatic heterocycles. The number of pyridine rings is 2. The molecule has 0 aliphatic carbocycles. The van der Waals surface area contributed by atoms with Crippen LogP contribution in [0.25, 0.3) is 10.8 Å². The third-order valence-electron chi connectivity index (χ3n) is 5.98. The van der Waals surface area contributed by atoms with Gasteiger partial charge in [-0.3, -0.25) is 4.90 Å². The first kappa shape index (κ1) is 19.8. The summed E-state index contributed by atoms with van der Waals surface area (Å²) in [6.07, 6.45) is 3.13. The quantitative estimate of drug-likeness (QED) is 0.631. The highest BCUT2D eigenvalue weighted by Gasteiger charge is 2.45. The summed E-state index contributed by atoms with van der Waals surface area (Å²) in [6, 6.07) is 0.0649. The van der Waals surface area contributed by atoms with Crippen LogP contribution in [0.4, 0.5) is 15.0 Å². The largest absolute Gasteiger partial charge is 0.444 e. The van der Waals surface area contributed by atoms with Gasteiger partial charge in [0, 0.05) is 35.6 Å². The Morgan fingerprint density at radius 2 is 1.97 bits per heavy atom. The van der Waals surface area contributed by atoms with E-state index < -0.39 is 11.4 Å². The number of anilines is 1. The number of ether oxygens (including phenoxy) is 2. The van der Waals surface area contributed by atoms with E-state index in [1.54, 1.807) is 6.20 Å². The molecule has 3 aliphatic rings. The van der Waals surface area contributed by atoms with Crippen LogP contribution in [-0.2, 0) is 22.7 Å². The first-order valence-corrected chi connectivity index (χ1v) is 10.6. The Hall–Kier alpha value is -2.19. The van der Waals surface area contributed by atoms with Crippen LogP contribution in [0.5, 0.6) is 0 Å². The Morgan fingerprint density at radius 3 is 2.63 bits per heavy atom. The monoisotopic (exact) mass is 434 g/mol. The Balaban J connectivity index is 1.51. The molecule has 2 aromatic rings. The fourth-order valence-electron chi connectivity index (χ4n) is 4.78. The number of nitrogens with zero attached hydrogens (tertiary/aromatic N) is 4. The van der Waals surface area contributed by atoms with Crippen LogP contribution >= 0.6 is 11.6 Å². The van der Waals surface area contributed by atoms with E-state index >= 15 is 0 Å². The van der Waals surface area contributed by atoms with E-state index in [2.05, 4.69) is 9.88 Å². The zero-order chi connectivity index (χ0) is 21.2. The van der Waals surface area contributed by atoms with Crippen LogP contribution in [0.2, 0.25) is 5.15 Å². The third kappa shape index (κ3) is 3.17. The summed E-state index contributed by atoms with van der Waals surface area (Å²) in [5, 5.41) is 0.921. The second kappa shape index (κ2) is 6.92. The maximum atomic E-state index is 14.9. The van der Waals surface area contributed by atoms with E-state index in [0.29, 0.717) is 42.9 Å². The van der Waals surface area contributed by atoms with Crippen LogP contribution in [0, 0.1) is 5.82 Å². The highest BCUT2D eigenvalue weighted by atomic mass is 35.5. The molecule has 0 N–H and O–H groups in total. The molecule has 0 radical (unpaired) electrons. The Morgan fingerprint density at radius 1 is 1.27 bits per heavy atom. The molecule has 2 unspecified atom stereocenters. The van der Waals surface area contributed by atoms with Gasteiger partial charge >= 0.3 is 6.09 Å². The summed E-state index contributed by atoms with van der Waals surface area (Å²) < 4.78 is 26.1. The van der Waals surface area contributed by atoms with Gasteiger partial charge in [0.25, 0.3) is 0 Å². The maximum Gasteiger partial charge on any atom is 0.410 e. The fraction of sp³-hybridized carbons (Fsp3) is 0.571. The maximum absolute atomic E-state index is 14.9. The van der Waals surface area contributed by atoms with Gasteiger partial charge in [0.1, 0.15) is 11.4 Å². The lowest BCUT2D eigenvalue weighted by Crippen LogP contribution is -2.57. The normalized spacial score (nSPS) is 23.2. The number of hydrogen-bond donors (Lipinski definition) is 0. The predicted octanol–water partition coefficient (Wildman–Crippen LogP) is 4.04. The van der Waals surface area contributed by atoms with Crippen LogP contribution in [0.1, 0.15) is 44.9 Å². The summed E-state index contributed by atoms with van der Waals surface area (Å²) in [6.45, 7) is 7.51. The number of piperazine rings is 1. The lowest BCUT2D eigenvalue weighted by molar-refractivity contribution is 0.0123. The van der Waals surface area contributed by atoms with Crippen molar-refractivity contribution < 1.29 is 18.7 Å². The number of carbonyl (C=O) groups is 1. The lowest BCUT2D eigenvalue weighted by atomic mass is 10.1. The molecule has 2 atom stereocenters. The van der Waals surface area contributed by atoms with Crippen molar-refractivity contribution in [2.75, 3.05) is 18.0 Å². The van der Waals surface area contributed by atoms with Gasteiger partial charge in [0.2, 0.25) is 0 Å². The molecule has 7 nitrogen and oxygen atoms in total. The Labute approximate surface area is 179 Å². The smallest absolute Gasteiger partial charge is 0.410 e. The number of carbonyl (C=O) groups excluding carboxylic acids is 1. The minimum Gasteiger partial charge on any atom is -0.444 e. The molecule has 2 fully saturated rings. The number of rotatable bonds is 1. The fourth-order valence-corrected chi connectivity index (χ4v) is 4.93. The molecule has 160 valence electrons. The van der Waals surface area contributed by atoms with E-state index in [9.17, 15) is 9.18 Å². The molecule has 30 heavy (non-hydrogen) atoms. The van der Waals surface area contributed by atoms with E-state index in [0.717, 1.165) is 24.1 Å². The van der Waals surface area contributed by atoms with Gasteiger partial charge in [0.05, 0.1) is 31.0 Å². The topological polar surface area (TPSA) is 67.8 Å². The Bertz CT molecular complexity index is 1030. The highest BCUT2D eigenvalue weighted by Crippen LogP contribution is 2.39. The van der Waals surface area contributed by atoms with Gasteiger partial charge in [-0.25, -0.2) is 19.2 Å². The van der Waals surface area contributed by atoms with E-state index in [1.807, 2.05) is 25.7 Å². The average Bonchev–Trinajstić information content (AvgIpc) is 3.24. The molecule has 0 spiro atoms. The minimum atomic E-state index is -0.534. The molecule has 5 rings (SSSR count). The molecule has 3 aliphatic heterocycles. The van der Waals surface area contributed by atoms with Crippen molar-refractivity contribution in [3.05, 3.63) is 28.4 Å². The summed E-state index contributed by atoms with van der Waals surface area (Å²) in [7, 11) is 0. The van der Waals surface area contributed by atoms with Crippen LogP contribution in [0.15, 0.2) is 6.20 Å². The number of fused-ring (bicyclic) bond motifs is 5. The molecule has 5 heterocycles. The molecule has 9 heteroatoms. The summed E-state index contributed by atoms with van der Waals surface area (Å²) >= 11 is 5.97. The molecule has 2 saturated heterocycles. The lowest BCUT2D eigenvalue weighted by Gasteiger charge is -2.42. The van der Waals surface area contributed by atoms with Crippen molar-refractivity contribution in [3.63, 3.8) is 0 Å². The zero-order valence-corrected chi connectivity index (χ0v) is 18.0. The van der Waals surface area contributed by atoms with Gasteiger partial charge < -0.3 is 14.4 Å². The van der Waals surface area contributed by atoms with Gasteiger partial charge in [-0.1, -0.05) is 11.6 Å². The summed E-state index contributed by atoms with van der Waals surface area (Å²) in [4.78, 5) is 25.6. The molecule has 0 saturated carbocycles. The SMILES string of the molecule is CC(C)(C)OC(=O)N1C2CCC1CN(c1nc3c(c4c(F)c(Cl)ncc14)COC3)C2. The van der Waals surface area contributed by atoms with Gasteiger partial charge in [-0.15, -0.1) is 0 Å². The molecule has 0 aromatic carbocycles. The molecule has 2 bridgehead atoms. The van der Waals surface area contributed by atoms with Crippen LogP contribution in [0.3, 0.4) is 0 Å². The average molecular weight is 435 g/mol. The zero-order valence-electron chi connectivity index (χ0n) is 17.2. The number of halogens is 2. The second-order valence-electron chi connectivity index (χ2n) is 9.18. The first-order valence-electron chi connectivity index (χ1n) is 10.2. The van der Waals surface area contributed by atoms with Gasteiger partial charge in [0.15, 0.2) is 11.0 Å². The van der Waals surface area contributed by atoms with Gasteiger partial charge in [-0.05, 0) is 33.6 Å². The number of aromatic nitrogens is 2. The standard InChI is InChI=1S/C21H24ClFN4O3/c1-21(2,3)30-20(28)27-11-4-5-12(27)8-26(7-11)19-13-6-24-18(22)17(23)16(13)14-9-29-10-15(14)25-19/h6,11-12H,4-5,7-10H2,1-3H3. The minimum absolute atomic E-state index is 0.0325. The van der Waals surface area contributed by atoms with E-state index in [-0.39, 0.29) is 23.3 Å². The second-order valence-corrected chi connectivity index (χ2v) is 9.54. The van der Waals surface area contributed by atoms with Crippen LogP contribution in [-0.4, -0.2) is 51.7 Å². The van der Waals surface area contributed by atoms with Crippen molar-refractivity contribution >= 4 is 34.3 Å². The number of amides is 1. The van der Waals surface area contributed by atoms with Crippen molar-refractivity contribution in [2.45, 2.75) is 64.5 Å². The number of hydrogen-bond acceptors (Lipinski definition) is 6. The van der Waals surface area contributed by atoms with Crippen molar-refractivity contribution in [1.29, 1.82) is 0 Å². The van der Waals surface area contributed by atoms with Crippen LogP contribution < -0.4 is 4.90 Å². The van der Waals surface area contributed by atoms with Crippen molar-refractivity contribution in [2.24, 2.45) is 0 Å². The molecule has 1 amide bonds. The first-order chi connectivity index (χ1) is 14.2. The van der Waals surface area contributed by atoms with E-state index in [1.165, 1.54) is 0 Å². The third-order valence-corrected chi connectivity index (χ3v) is 6.24. The Kier molecular flexibility index (Phi) is 4.56. The van der Waals surface area contributed by atoms with Gasteiger partial charge in [-0.2, -0.15) is 0 Å². The molecular weight excluding hydrogens is 411 g/mol. The highest BCUT2D eigenvalue weighted by molar-refractivity contribution is 6.30. The van der Waals surface area contributed by atoms with Crippen molar-refractivity contribution in [3.8, 4) is 0 Å².